The highest BCUT2D eigenvalue weighted by Gasteiger charge is 2.28. The summed E-state index contributed by atoms with van der Waals surface area (Å²) >= 11 is 5.92. The summed E-state index contributed by atoms with van der Waals surface area (Å²) in [6.45, 7) is 3.60. The van der Waals surface area contributed by atoms with Crippen LogP contribution in [0.4, 0.5) is 11.6 Å². The van der Waals surface area contributed by atoms with Crippen molar-refractivity contribution >= 4 is 46.1 Å². The van der Waals surface area contributed by atoms with Crippen LogP contribution < -0.4 is 26.1 Å². The Bertz CT molecular complexity index is 1250. The first-order valence-electron chi connectivity index (χ1n) is 10.9. The van der Waals surface area contributed by atoms with Gasteiger partial charge in [0, 0.05) is 26.8 Å². The van der Waals surface area contributed by atoms with Crippen LogP contribution in [0.1, 0.15) is 23.2 Å². The standard InChI is InChI=1S/C22H29ClN8O4/c1-5-30-15-10-13(35-4)6-7-14(15)31(12-17(32)29(2)8-9-34-3)16(30)11-26-22(33)18-20(24)28-21(25)19(23)27-18/h6-7,10H,5,8-9,11-12H2,1-4H3,(H4-,24,25,26,28,33)/p+1. The number of fused-ring (bicyclic) bond motifs is 1. The van der Waals surface area contributed by atoms with Crippen LogP contribution in [-0.2, 0) is 29.2 Å². The molecule has 2 heterocycles. The maximum atomic E-state index is 13.0. The predicted octanol–water partition coefficient (Wildman–Crippen LogP) is 0.600. The van der Waals surface area contributed by atoms with Gasteiger partial charge in [-0.2, -0.15) is 0 Å². The van der Waals surface area contributed by atoms with Gasteiger partial charge in [-0.15, -0.1) is 0 Å². The molecule has 0 radical (unpaired) electrons. The van der Waals surface area contributed by atoms with Crippen LogP contribution >= 0.6 is 11.6 Å². The summed E-state index contributed by atoms with van der Waals surface area (Å²) in [5.41, 5.74) is 13.0. The quantitative estimate of drug-likeness (QED) is 0.338. The van der Waals surface area contributed by atoms with Crippen LogP contribution in [0.15, 0.2) is 18.2 Å². The molecular formula is C22H30ClN8O4+. The number of imidazole rings is 1. The van der Waals surface area contributed by atoms with E-state index in [9.17, 15) is 9.59 Å². The highest BCUT2D eigenvalue weighted by atomic mass is 35.5. The number of likely N-dealkylation sites (N-methyl/N-ethyl adjacent to an activating group) is 1. The summed E-state index contributed by atoms with van der Waals surface area (Å²) in [5, 5.41) is 2.69. The third-order valence-electron chi connectivity index (χ3n) is 5.58. The van der Waals surface area contributed by atoms with Gasteiger partial charge >= 0.3 is 0 Å². The number of benzene rings is 1. The molecule has 3 rings (SSSR count). The monoisotopic (exact) mass is 505 g/mol. The first-order chi connectivity index (χ1) is 16.7. The van der Waals surface area contributed by atoms with E-state index < -0.39 is 5.91 Å². The first-order valence-corrected chi connectivity index (χ1v) is 11.3. The van der Waals surface area contributed by atoms with Gasteiger partial charge in [-0.3, -0.25) is 9.59 Å². The maximum Gasteiger partial charge on any atom is 0.277 e. The fourth-order valence-corrected chi connectivity index (χ4v) is 3.81. The van der Waals surface area contributed by atoms with E-state index in [-0.39, 0.29) is 41.5 Å². The second-order valence-corrected chi connectivity index (χ2v) is 8.08. The Morgan fingerprint density at radius 2 is 1.97 bits per heavy atom. The highest BCUT2D eigenvalue weighted by Crippen LogP contribution is 2.22. The number of nitrogen functional groups attached to an aromatic ring is 2. The van der Waals surface area contributed by atoms with Gasteiger partial charge < -0.3 is 31.2 Å². The van der Waals surface area contributed by atoms with Gasteiger partial charge in [-0.25, -0.2) is 19.1 Å². The molecule has 2 aromatic heterocycles. The van der Waals surface area contributed by atoms with Gasteiger partial charge in [0.05, 0.1) is 20.3 Å². The molecule has 0 spiro atoms. The lowest BCUT2D eigenvalue weighted by atomic mass is 10.3. The number of ether oxygens (including phenoxy) is 2. The summed E-state index contributed by atoms with van der Waals surface area (Å²) in [4.78, 5) is 35.2. The van der Waals surface area contributed by atoms with Crippen molar-refractivity contribution in [2.45, 2.75) is 26.6 Å². The third-order valence-corrected chi connectivity index (χ3v) is 5.86. The number of hydrogen-bond acceptors (Lipinski definition) is 8. The minimum atomic E-state index is -0.572. The second-order valence-electron chi connectivity index (χ2n) is 7.73. The maximum absolute atomic E-state index is 13.0. The Morgan fingerprint density at radius 1 is 1.23 bits per heavy atom. The Morgan fingerprint density at radius 3 is 2.63 bits per heavy atom. The van der Waals surface area contributed by atoms with Crippen molar-refractivity contribution in [2.24, 2.45) is 0 Å². The zero-order valence-electron chi connectivity index (χ0n) is 20.2. The minimum absolute atomic E-state index is 0.0604. The van der Waals surface area contributed by atoms with Crippen LogP contribution in [0.25, 0.3) is 11.0 Å². The predicted molar refractivity (Wildman–Crippen MR) is 131 cm³/mol. The van der Waals surface area contributed by atoms with Crippen molar-refractivity contribution in [1.29, 1.82) is 0 Å². The van der Waals surface area contributed by atoms with Crippen LogP contribution in [0.2, 0.25) is 5.15 Å². The number of anilines is 2. The van der Waals surface area contributed by atoms with Crippen LogP contribution in [0.5, 0.6) is 5.75 Å². The lowest BCUT2D eigenvalue weighted by Crippen LogP contribution is -2.48. The number of aryl methyl sites for hydroxylation is 1. The Labute approximate surface area is 207 Å². The Hall–Kier alpha value is -3.64. The SMILES string of the molecule is CCn1c(CNC(=O)c2nc(Cl)c(N)nc2N)[n+](CC(=O)N(C)CCOC)c2ccc(OC)cc21. The summed E-state index contributed by atoms with van der Waals surface area (Å²) in [6, 6.07) is 5.60. The molecular weight excluding hydrogens is 476 g/mol. The molecule has 0 bridgehead atoms. The number of methoxy groups -OCH3 is 2. The van der Waals surface area contributed by atoms with E-state index in [1.165, 1.54) is 0 Å². The smallest absolute Gasteiger partial charge is 0.277 e. The molecule has 3 aromatic rings. The van der Waals surface area contributed by atoms with Crippen LogP contribution in [0, 0.1) is 0 Å². The molecule has 0 aliphatic rings. The summed E-state index contributed by atoms with van der Waals surface area (Å²) in [6.07, 6.45) is 0. The lowest BCUT2D eigenvalue weighted by Gasteiger charge is -2.16. The molecule has 0 atom stereocenters. The number of nitrogens with two attached hydrogens (primary N) is 2. The zero-order valence-corrected chi connectivity index (χ0v) is 20.9. The Balaban J connectivity index is 1.99. The van der Waals surface area contributed by atoms with Crippen molar-refractivity contribution < 1.29 is 23.6 Å². The van der Waals surface area contributed by atoms with Crippen molar-refractivity contribution in [1.82, 2.24) is 24.8 Å². The molecule has 0 saturated heterocycles. The van der Waals surface area contributed by atoms with E-state index in [1.54, 1.807) is 26.2 Å². The van der Waals surface area contributed by atoms with Crippen LogP contribution in [-0.4, -0.2) is 65.7 Å². The van der Waals surface area contributed by atoms with Gasteiger partial charge in [0.1, 0.15) is 12.3 Å². The average Bonchev–Trinajstić information content (AvgIpc) is 3.14. The molecule has 0 aliphatic carbocycles. The van der Waals surface area contributed by atoms with Crippen molar-refractivity contribution in [2.75, 3.05) is 45.9 Å². The average molecular weight is 506 g/mol. The summed E-state index contributed by atoms with van der Waals surface area (Å²) in [7, 11) is 4.90. The number of aromatic nitrogens is 4. The molecule has 13 heteroatoms. The topological polar surface area (TPSA) is 154 Å². The normalized spacial score (nSPS) is 11.0. The molecule has 188 valence electrons. The lowest BCUT2D eigenvalue weighted by molar-refractivity contribution is -0.668. The van der Waals surface area contributed by atoms with E-state index in [1.807, 2.05) is 34.3 Å². The number of amides is 2. The zero-order chi connectivity index (χ0) is 25.7. The Kier molecular flexibility index (Phi) is 8.30. The van der Waals surface area contributed by atoms with E-state index in [0.717, 1.165) is 11.0 Å². The van der Waals surface area contributed by atoms with Crippen molar-refractivity contribution in [3.63, 3.8) is 0 Å². The second kappa shape index (κ2) is 11.2. The molecule has 35 heavy (non-hydrogen) atoms. The number of halogens is 1. The molecule has 0 saturated carbocycles. The largest absolute Gasteiger partial charge is 0.497 e. The molecule has 2 amide bonds. The summed E-state index contributed by atoms with van der Waals surface area (Å²) in [5.74, 6) is 0.507. The molecule has 0 unspecified atom stereocenters. The number of carbonyl (C=O) groups is 2. The number of rotatable bonds is 10. The van der Waals surface area contributed by atoms with Gasteiger partial charge in [-0.05, 0) is 19.1 Å². The fraction of sp³-hybridized carbons (Fsp3) is 0.409. The molecule has 1 aromatic carbocycles. The van der Waals surface area contributed by atoms with Gasteiger partial charge in [0.2, 0.25) is 0 Å². The number of nitrogens with zero attached hydrogens (tertiary/aromatic N) is 5. The van der Waals surface area contributed by atoms with Crippen molar-refractivity contribution in [3.05, 3.63) is 34.9 Å². The van der Waals surface area contributed by atoms with Gasteiger partial charge in [-0.1, -0.05) is 11.6 Å². The highest BCUT2D eigenvalue weighted by molar-refractivity contribution is 6.31. The van der Waals surface area contributed by atoms with E-state index in [4.69, 9.17) is 32.5 Å². The molecule has 0 aliphatic heterocycles. The minimum Gasteiger partial charge on any atom is -0.497 e. The number of hydrogen-bond donors (Lipinski definition) is 3. The fourth-order valence-electron chi connectivity index (χ4n) is 3.68. The number of carbonyl (C=O) groups excluding carboxylic acids is 2. The molecule has 0 fully saturated rings. The van der Waals surface area contributed by atoms with Gasteiger partial charge in [0.25, 0.3) is 17.6 Å². The number of nitrogens with one attached hydrogen (secondary N) is 1. The van der Waals surface area contributed by atoms with E-state index in [2.05, 4.69) is 15.3 Å². The molecule has 12 nitrogen and oxygen atoms in total. The van der Waals surface area contributed by atoms with Gasteiger partial charge in [0.15, 0.2) is 40.1 Å². The van der Waals surface area contributed by atoms with E-state index >= 15 is 0 Å². The first kappa shape index (κ1) is 26.0. The third kappa shape index (κ3) is 5.54. The van der Waals surface area contributed by atoms with Crippen molar-refractivity contribution in [3.8, 4) is 5.75 Å². The van der Waals surface area contributed by atoms with E-state index in [0.29, 0.717) is 31.3 Å². The molecule has 5 N–H and O–H groups in total. The van der Waals surface area contributed by atoms with Crippen LogP contribution in [0.3, 0.4) is 0 Å². The summed E-state index contributed by atoms with van der Waals surface area (Å²) < 4.78 is 14.3.